The fourth-order valence-electron chi connectivity index (χ4n) is 1.93. The highest BCUT2D eigenvalue weighted by Gasteiger charge is 2.17. The van der Waals surface area contributed by atoms with Crippen molar-refractivity contribution in [1.82, 2.24) is 4.90 Å². The predicted octanol–water partition coefficient (Wildman–Crippen LogP) is 2.25. The van der Waals surface area contributed by atoms with E-state index in [1.54, 1.807) is 26.0 Å². The summed E-state index contributed by atoms with van der Waals surface area (Å²) in [6.07, 6.45) is 0.262. The van der Waals surface area contributed by atoms with E-state index in [1.165, 1.54) is 12.1 Å². The van der Waals surface area contributed by atoms with Gasteiger partial charge in [0.15, 0.2) is 0 Å². The van der Waals surface area contributed by atoms with Crippen LogP contribution >= 0.6 is 0 Å². The molecule has 0 unspecified atom stereocenters. The Morgan fingerprint density at radius 1 is 1.40 bits per heavy atom. The molecule has 4 nitrogen and oxygen atoms in total. The zero-order valence-electron chi connectivity index (χ0n) is 12.3. The van der Waals surface area contributed by atoms with E-state index < -0.39 is 11.4 Å². The summed E-state index contributed by atoms with van der Waals surface area (Å²) in [5.74, 6) is -0.672. The van der Waals surface area contributed by atoms with Gasteiger partial charge in [0.05, 0.1) is 11.3 Å². The Balaban J connectivity index is 2.45. The van der Waals surface area contributed by atoms with Crippen LogP contribution < -0.4 is 5.32 Å². The van der Waals surface area contributed by atoms with Gasteiger partial charge >= 0.3 is 0 Å². The van der Waals surface area contributed by atoms with Crippen molar-refractivity contribution in [2.75, 3.05) is 25.0 Å². The van der Waals surface area contributed by atoms with Crippen molar-refractivity contribution in [3.63, 3.8) is 0 Å². The molecule has 1 aromatic rings. The lowest BCUT2D eigenvalue weighted by atomic mass is 10.1. The van der Waals surface area contributed by atoms with Gasteiger partial charge in [0.1, 0.15) is 5.82 Å². The number of benzene rings is 1. The highest BCUT2D eigenvalue weighted by molar-refractivity contribution is 5.90. The van der Waals surface area contributed by atoms with E-state index in [1.807, 2.05) is 11.8 Å². The van der Waals surface area contributed by atoms with E-state index in [4.69, 9.17) is 0 Å². The zero-order valence-corrected chi connectivity index (χ0v) is 12.3. The fraction of sp³-hybridized carbons (Fsp3) is 0.533. The molecule has 0 atom stereocenters. The predicted molar refractivity (Wildman–Crippen MR) is 78.1 cm³/mol. The van der Waals surface area contributed by atoms with E-state index >= 15 is 0 Å². The van der Waals surface area contributed by atoms with Gasteiger partial charge < -0.3 is 15.3 Å². The highest BCUT2D eigenvalue weighted by Crippen LogP contribution is 2.13. The summed E-state index contributed by atoms with van der Waals surface area (Å²) >= 11 is 0. The molecule has 0 heterocycles. The second-order valence-corrected chi connectivity index (χ2v) is 5.46. The van der Waals surface area contributed by atoms with Crippen LogP contribution in [0.25, 0.3) is 0 Å². The molecule has 0 bridgehead atoms. The molecule has 0 spiro atoms. The minimum absolute atomic E-state index is 0.197. The number of carbonyl (C=O) groups excluding carboxylic acids is 1. The smallest absolute Gasteiger partial charge is 0.225 e. The Labute approximate surface area is 119 Å². The Morgan fingerprint density at radius 2 is 2.05 bits per heavy atom. The maximum atomic E-state index is 13.4. The van der Waals surface area contributed by atoms with Crippen LogP contribution in [-0.4, -0.2) is 41.1 Å². The number of nitrogens with zero attached hydrogens (tertiary/aromatic N) is 1. The molecule has 20 heavy (non-hydrogen) atoms. The largest absolute Gasteiger partial charge is 0.389 e. The van der Waals surface area contributed by atoms with Crippen LogP contribution in [0.1, 0.15) is 27.2 Å². The molecule has 0 aliphatic carbocycles. The van der Waals surface area contributed by atoms with Gasteiger partial charge in [0, 0.05) is 19.5 Å². The first-order chi connectivity index (χ1) is 9.31. The van der Waals surface area contributed by atoms with E-state index in [0.717, 1.165) is 6.54 Å². The van der Waals surface area contributed by atoms with Gasteiger partial charge in [-0.15, -0.1) is 0 Å². The molecule has 1 aromatic carbocycles. The number of aliphatic hydroxyl groups is 1. The molecule has 1 rings (SSSR count). The number of carbonyl (C=O) groups is 1. The van der Waals surface area contributed by atoms with Gasteiger partial charge in [-0.3, -0.25) is 4.79 Å². The summed E-state index contributed by atoms with van der Waals surface area (Å²) in [7, 11) is 0. The van der Waals surface area contributed by atoms with Crippen LogP contribution in [0.2, 0.25) is 0 Å². The van der Waals surface area contributed by atoms with Gasteiger partial charge in [0.2, 0.25) is 5.91 Å². The van der Waals surface area contributed by atoms with Gasteiger partial charge in [-0.05, 0) is 32.5 Å². The van der Waals surface area contributed by atoms with Crippen LogP contribution in [0.3, 0.4) is 0 Å². The van der Waals surface area contributed by atoms with Gasteiger partial charge in [-0.25, -0.2) is 4.39 Å². The van der Waals surface area contributed by atoms with Crippen LogP contribution in [0.15, 0.2) is 24.3 Å². The molecule has 0 saturated heterocycles. The van der Waals surface area contributed by atoms with Crippen LogP contribution in [0, 0.1) is 5.82 Å². The molecule has 2 N–H and O–H groups in total. The molecule has 0 fully saturated rings. The van der Waals surface area contributed by atoms with Crippen LogP contribution in [0.4, 0.5) is 10.1 Å². The third kappa shape index (κ3) is 6.12. The topological polar surface area (TPSA) is 52.6 Å². The number of hydrogen-bond acceptors (Lipinski definition) is 3. The second kappa shape index (κ2) is 7.36. The number of nitrogens with one attached hydrogen (secondary N) is 1. The van der Waals surface area contributed by atoms with Crippen LogP contribution in [0.5, 0.6) is 0 Å². The lowest BCUT2D eigenvalue weighted by molar-refractivity contribution is -0.116. The summed E-state index contributed by atoms with van der Waals surface area (Å²) < 4.78 is 13.4. The van der Waals surface area contributed by atoms with E-state index in [0.29, 0.717) is 13.1 Å². The van der Waals surface area contributed by atoms with Crippen LogP contribution in [-0.2, 0) is 4.79 Å². The molecule has 5 heteroatoms. The molecular weight excluding hydrogens is 259 g/mol. The third-order valence-corrected chi connectivity index (χ3v) is 2.86. The molecule has 112 valence electrons. The lowest BCUT2D eigenvalue weighted by Gasteiger charge is -2.27. The molecule has 0 radical (unpaired) electrons. The normalized spacial score (nSPS) is 11.7. The van der Waals surface area contributed by atoms with E-state index in [9.17, 15) is 14.3 Å². The minimum atomic E-state index is -0.794. The first-order valence-corrected chi connectivity index (χ1v) is 6.81. The highest BCUT2D eigenvalue weighted by atomic mass is 19.1. The second-order valence-electron chi connectivity index (χ2n) is 5.46. The summed E-state index contributed by atoms with van der Waals surface area (Å²) in [5.41, 5.74) is -0.596. The van der Waals surface area contributed by atoms with Crippen molar-refractivity contribution in [2.24, 2.45) is 0 Å². The maximum Gasteiger partial charge on any atom is 0.225 e. The van der Waals surface area contributed by atoms with E-state index in [2.05, 4.69) is 5.32 Å². The van der Waals surface area contributed by atoms with Crippen molar-refractivity contribution in [3.05, 3.63) is 30.1 Å². The van der Waals surface area contributed by atoms with Gasteiger partial charge in [0.25, 0.3) is 0 Å². The van der Waals surface area contributed by atoms with Crippen molar-refractivity contribution < 1.29 is 14.3 Å². The summed E-state index contributed by atoms with van der Waals surface area (Å²) in [6.45, 7) is 7.21. The quantitative estimate of drug-likeness (QED) is 0.806. The Morgan fingerprint density at radius 3 is 2.60 bits per heavy atom. The zero-order chi connectivity index (χ0) is 15.2. The molecule has 1 amide bonds. The molecule has 0 aliphatic rings. The van der Waals surface area contributed by atoms with Gasteiger partial charge in [-0.1, -0.05) is 19.1 Å². The molecule has 0 aliphatic heterocycles. The van der Waals surface area contributed by atoms with Crippen molar-refractivity contribution in [2.45, 2.75) is 32.8 Å². The number of anilines is 1. The monoisotopic (exact) mass is 282 g/mol. The number of amides is 1. The summed E-state index contributed by atoms with van der Waals surface area (Å²) in [5, 5.41) is 12.3. The average molecular weight is 282 g/mol. The van der Waals surface area contributed by atoms with E-state index in [-0.39, 0.29) is 18.0 Å². The molecule has 0 aromatic heterocycles. The summed E-state index contributed by atoms with van der Waals surface area (Å²) in [4.78, 5) is 13.8. The first-order valence-electron chi connectivity index (χ1n) is 6.81. The fourth-order valence-corrected chi connectivity index (χ4v) is 1.93. The maximum absolute atomic E-state index is 13.4. The first kappa shape index (κ1) is 16.6. The number of hydrogen-bond donors (Lipinski definition) is 2. The standard InChI is InChI=1S/C15H23FN2O2/c1-4-18(11-15(2,3)20)10-9-14(19)17-13-8-6-5-7-12(13)16/h5-8,20H,4,9-11H2,1-3H3,(H,17,19). The van der Waals surface area contributed by atoms with Gasteiger partial charge in [-0.2, -0.15) is 0 Å². The van der Waals surface area contributed by atoms with Crippen molar-refractivity contribution in [1.29, 1.82) is 0 Å². The molecule has 0 saturated carbocycles. The van der Waals surface area contributed by atoms with Crippen molar-refractivity contribution in [3.8, 4) is 0 Å². The number of para-hydroxylation sites is 1. The number of likely N-dealkylation sites (N-methyl/N-ethyl adjacent to an activating group) is 1. The SMILES string of the molecule is CCN(CCC(=O)Nc1ccccc1F)CC(C)(C)O. The Hall–Kier alpha value is -1.46. The number of halogens is 1. The summed E-state index contributed by atoms with van der Waals surface area (Å²) in [6, 6.07) is 6.09. The third-order valence-electron chi connectivity index (χ3n) is 2.86. The average Bonchev–Trinajstić information content (AvgIpc) is 2.36. The molecular formula is C15H23FN2O2. The lowest BCUT2D eigenvalue weighted by Crippen LogP contribution is -2.39. The van der Waals surface area contributed by atoms with Crippen molar-refractivity contribution >= 4 is 11.6 Å². The number of rotatable bonds is 7. The Kier molecular flexibility index (Phi) is 6.10. The minimum Gasteiger partial charge on any atom is -0.389 e. The Bertz CT molecular complexity index is 444.